The normalized spacial score (nSPS) is 16.1. The number of hydrogen-bond donors (Lipinski definition) is 1. The third-order valence-corrected chi connectivity index (χ3v) is 3.62. The minimum absolute atomic E-state index is 0.0248. The zero-order valence-electron chi connectivity index (χ0n) is 9.69. The van der Waals surface area contributed by atoms with Crippen LogP contribution in [0.2, 0.25) is 0 Å². The molecule has 2 rings (SSSR count). The molecule has 2 N–H and O–H groups in total. The van der Waals surface area contributed by atoms with Gasteiger partial charge in [-0.1, -0.05) is 6.92 Å². The first-order valence-electron chi connectivity index (χ1n) is 5.60. The standard InChI is InChI=1S/C11H17N3OS/c1-3-9(15-4-2)11-13-8-6-16-5-7(8)10(12)14-11/h9H,3-6H2,1-2H3,(H2,12,13,14). The van der Waals surface area contributed by atoms with Crippen molar-refractivity contribution in [2.24, 2.45) is 0 Å². The van der Waals surface area contributed by atoms with Crippen molar-refractivity contribution in [2.45, 2.75) is 37.9 Å². The molecule has 1 aliphatic rings. The summed E-state index contributed by atoms with van der Waals surface area (Å²) in [7, 11) is 0. The maximum atomic E-state index is 5.94. The molecule has 0 aromatic carbocycles. The minimum atomic E-state index is -0.0248. The topological polar surface area (TPSA) is 61.0 Å². The van der Waals surface area contributed by atoms with Gasteiger partial charge in [-0.15, -0.1) is 0 Å². The Morgan fingerprint density at radius 1 is 1.38 bits per heavy atom. The van der Waals surface area contributed by atoms with E-state index in [1.807, 2.05) is 18.7 Å². The first kappa shape index (κ1) is 11.7. The van der Waals surface area contributed by atoms with E-state index in [4.69, 9.17) is 10.5 Å². The van der Waals surface area contributed by atoms with Crippen LogP contribution in [-0.4, -0.2) is 16.6 Å². The van der Waals surface area contributed by atoms with Gasteiger partial charge in [-0.3, -0.25) is 0 Å². The Labute approximate surface area is 100.0 Å². The quantitative estimate of drug-likeness (QED) is 0.873. The Morgan fingerprint density at radius 2 is 2.19 bits per heavy atom. The van der Waals surface area contributed by atoms with E-state index in [0.29, 0.717) is 12.4 Å². The Balaban J connectivity index is 2.31. The van der Waals surface area contributed by atoms with Crippen molar-refractivity contribution >= 4 is 17.6 Å². The highest BCUT2D eigenvalue weighted by atomic mass is 32.2. The number of ether oxygens (including phenoxy) is 1. The minimum Gasteiger partial charge on any atom is -0.383 e. The molecule has 1 aromatic rings. The predicted molar refractivity (Wildman–Crippen MR) is 66.1 cm³/mol. The van der Waals surface area contributed by atoms with E-state index in [2.05, 4.69) is 16.9 Å². The molecule has 0 saturated heterocycles. The molecule has 88 valence electrons. The molecule has 1 atom stereocenters. The molecule has 1 unspecified atom stereocenters. The summed E-state index contributed by atoms with van der Waals surface area (Å²) < 4.78 is 5.60. The number of nitrogen functional groups attached to an aromatic ring is 1. The van der Waals surface area contributed by atoms with Crippen LogP contribution in [0.25, 0.3) is 0 Å². The summed E-state index contributed by atoms with van der Waals surface area (Å²) >= 11 is 1.84. The molecule has 0 spiro atoms. The number of anilines is 1. The lowest BCUT2D eigenvalue weighted by Gasteiger charge is -2.15. The molecule has 2 heterocycles. The van der Waals surface area contributed by atoms with Crippen LogP contribution in [0.3, 0.4) is 0 Å². The van der Waals surface area contributed by atoms with Crippen LogP contribution in [0.4, 0.5) is 5.82 Å². The third-order valence-electron chi connectivity index (χ3n) is 2.65. The third kappa shape index (κ3) is 2.15. The van der Waals surface area contributed by atoms with Crippen LogP contribution in [-0.2, 0) is 16.2 Å². The fourth-order valence-electron chi connectivity index (χ4n) is 1.82. The fraction of sp³-hybridized carbons (Fsp3) is 0.636. The first-order chi connectivity index (χ1) is 7.76. The Bertz CT molecular complexity index is 384. The molecule has 5 heteroatoms. The van der Waals surface area contributed by atoms with E-state index in [-0.39, 0.29) is 6.10 Å². The van der Waals surface area contributed by atoms with E-state index in [9.17, 15) is 0 Å². The van der Waals surface area contributed by atoms with Crippen LogP contribution in [0.1, 0.15) is 43.5 Å². The van der Waals surface area contributed by atoms with E-state index in [1.54, 1.807) is 0 Å². The van der Waals surface area contributed by atoms with Crippen molar-refractivity contribution in [1.82, 2.24) is 9.97 Å². The van der Waals surface area contributed by atoms with Crippen LogP contribution in [0.5, 0.6) is 0 Å². The van der Waals surface area contributed by atoms with Gasteiger partial charge in [0.05, 0.1) is 5.69 Å². The van der Waals surface area contributed by atoms with Crippen LogP contribution in [0, 0.1) is 0 Å². The van der Waals surface area contributed by atoms with E-state index >= 15 is 0 Å². The summed E-state index contributed by atoms with van der Waals surface area (Å²) in [6.07, 6.45) is 0.849. The molecule has 0 fully saturated rings. The summed E-state index contributed by atoms with van der Waals surface area (Å²) in [5, 5.41) is 0. The lowest BCUT2D eigenvalue weighted by atomic mass is 10.2. The van der Waals surface area contributed by atoms with Crippen molar-refractivity contribution in [2.75, 3.05) is 12.3 Å². The van der Waals surface area contributed by atoms with Gasteiger partial charge in [0.1, 0.15) is 11.9 Å². The lowest BCUT2D eigenvalue weighted by Crippen LogP contribution is -2.12. The molecule has 0 bridgehead atoms. The van der Waals surface area contributed by atoms with E-state index in [0.717, 1.165) is 35.0 Å². The molecular weight excluding hydrogens is 222 g/mol. The second-order valence-electron chi connectivity index (χ2n) is 3.74. The highest BCUT2D eigenvalue weighted by Gasteiger charge is 2.21. The Kier molecular flexibility index (Phi) is 3.66. The van der Waals surface area contributed by atoms with Gasteiger partial charge < -0.3 is 10.5 Å². The largest absolute Gasteiger partial charge is 0.383 e. The zero-order chi connectivity index (χ0) is 11.5. The Morgan fingerprint density at radius 3 is 2.88 bits per heavy atom. The summed E-state index contributed by atoms with van der Waals surface area (Å²) in [5.41, 5.74) is 8.14. The number of aromatic nitrogens is 2. The molecule has 0 amide bonds. The second kappa shape index (κ2) is 5.01. The summed E-state index contributed by atoms with van der Waals surface area (Å²) in [6.45, 7) is 4.73. The number of thioether (sulfide) groups is 1. The highest BCUT2D eigenvalue weighted by molar-refractivity contribution is 7.98. The average molecular weight is 239 g/mol. The SMILES string of the molecule is CCOC(CC)c1nc(N)c2c(n1)CSC2. The molecule has 4 nitrogen and oxygen atoms in total. The molecule has 1 aromatic heterocycles. The van der Waals surface area contributed by atoms with Crippen molar-refractivity contribution in [3.8, 4) is 0 Å². The van der Waals surface area contributed by atoms with E-state index in [1.165, 1.54) is 0 Å². The van der Waals surface area contributed by atoms with Crippen LogP contribution in [0.15, 0.2) is 0 Å². The number of nitrogens with zero attached hydrogens (tertiary/aromatic N) is 2. The Hall–Kier alpha value is -0.810. The first-order valence-corrected chi connectivity index (χ1v) is 6.76. The summed E-state index contributed by atoms with van der Waals surface area (Å²) in [6, 6.07) is 0. The molecule has 16 heavy (non-hydrogen) atoms. The summed E-state index contributed by atoms with van der Waals surface area (Å²) in [4.78, 5) is 8.93. The lowest BCUT2D eigenvalue weighted by molar-refractivity contribution is 0.0534. The van der Waals surface area contributed by atoms with Gasteiger partial charge in [0, 0.05) is 23.7 Å². The van der Waals surface area contributed by atoms with E-state index < -0.39 is 0 Å². The predicted octanol–water partition coefficient (Wildman–Crippen LogP) is 2.29. The maximum Gasteiger partial charge on any atom is 0.159 e. The maximum absolute atomic E-state index is 5.94. The number of rotatable bonds is 4. The molecular formula is C11H17N3OS. The average Bonchev–Trinajstić information content (AvgIpc) is 2.74. The van der Waals surface area contributed by atoms with Gasteiger partial charge in [-0.05, 0) is 13.3 Å². The van der Waals surface area contributed by atoms with Crippen molar-refractivity contribution in [3.63, 3.8) is 0 Å². The number of nitrogens with two attached hydrogens (primary N) is 1. The van der Waals surface area contributed by atoms with Gasteiger partial charge in [0.25, 0.3) is 0 Å². The van der Waals surface area contributed by atoms with Crippen molar-refractivity contribution in [3.05, 3.63) is 17.1 Å². The van der Waals surface area contributed by atoms with Gasteiger partial charge in [-0.2, -0.15) is 11.8 Å². The van der Waals surface area contributed by atoms with Crippen LogP contribution < -0.4 is 5.73 Å². The molecule has 0 radical (unpaired) electrons. The second-order valence-corrected chi connectivity index (χ2v) is 4.72. The highest BCUT2D eigenvalue weighted by Crippen LogP contribution is 2.32. The van der Waals surface area contributed by atoms with Crippen LogP contribution >= 0.6 is 11.8 Å². The number of fused-ring (bicyclic) bond motifs is 1. The smallest absolute Gasteiger partial charge is 0.159 e. The van der Waals surface area contributed by atoms with Gasteiger partial charge >= 0.3 is 0 Å². The van der Waals surface area contributed by atoms with Gasteiger partial charge in [0.2, 0.25) is 0 Å². The molecule has 0 aliphatic carbocycles. The van der Waals surface area contributed by atoms with Gasteiger partial charge in [-0.25, -0.2) is 9.97 Å². The molecule has 0 saturated carbocycles. The molecule has 1 aliphatic heterocycles. The fourth-order valence-corrected chi connectivity index (χ4v) is 2.87. The summed E-state index contributed by atoms with van der Waals surface area (Å²) in [5.74, 6) is 3.25. The zero-order valence-corrected chi connectivity index (χ0v) is 10.5. The monoisotopic (exact) mass is 239 g/mol. The number of hydrogen-bond acceptors (Lipinski definition) is 5. The van der Waals surface area contributed by atoms with Crippen molar-refractivity contribution in [1.29, 1.82) is 0 Å². The van der Waals surface area contributed by atoms with Crippen molar-refractivity contribution < 1.29 is 4.74 Å². The van der Waals surface area contributed by atoms with Gasteiger partial charge in [0.15, 0.2) is 5.82 Å².